The summed E-state index contributed by atoms with van der Waals surface area (Å²) < 4.78 is 62.9. The number of aromatic hydroxyl groups is 1. The Morgan fingerprint density at radius 2 is 1.87 bits per heavy atom. The Kier molecular flexibility index (Phi) is 4.59. The smallest absolute Gasteiger partial charge is 0.418 e. The van der Waals surface area contributed by atoms with Crippen LogP contribution in [0.2, 0.25) is 0 Å². The van der Waals surface area contributed by atoms with Crippen molar-refractivity contribution < 1.29 is 37.0 Å². The molecular weight excluding hydrogens is 418 g/mol. The molecule has 164 valence electrons. The van der Waals surface area contributed by atoms with Crippen LogP contribution >= 0.6 is 0 Å². The zero-order valence-corrected chi connectivity index (χ0v) is 16.5. The van der Waals surface area contributed by atoms with E-state index in [1.165, 1.54) is 19.9 Å². The Balaban J connectivity index is 1.90. The fraction of sp³-hybridized carbons (Fsp3) is 0.318. The van der Waals surface area contributed by atoms with Crippen molar-refractivity contribution in [2.45, 2.75) is 43.5 Å². The molecule has 1 amide bonds. The highest BCUT2D eigenvalue weighted by molar-refractivity contribution is 5.96. The number of carbonyl (C=O) groups excluding carboxylic acids is 1. The van der Waals surface area contributed by atoms with Crippen LogP contribution in [-0.2, 0) is 11.0 Å². The van der Waals surface area contributed by atoms with Gasteiger partial charge in [0.05, 0.1) is 6.10 Å². The lowest BCUT2D eigenvalue weighted by molar-refractivity contribution is -0.231. The van der Waals surface area contributed by atoms with E-state index in [9.17, 15) is 32.6 Å². The molecule has 2 unspecified atom stereocenters. The van der Waals surface area contributed by atoms with Gasteiger partial charge < -0.3 is 19.9 Å². The van der Waals surface area contributed by atoms with Gasteiger partial charge in [0.15, 0.2) is 22.9 Å². The first-order chi connectivity index (χ1) is 14.4. The first kappa shape index (κ1) is 21.2. The van der Waals surface area contributed by atoms with Gasteiger partial charge in [0.25, 0.3) is 5.91 Å². The number of fused-ring (bicyclic) bond motifs is 2. The van der Waals surface area contributed by atoms with Gasteiger partial charge in [-0.25, -0.2) is 4.39 Å². The van der Waals surface area contributed by atoms with Gasteiger partial charge in [0.2, 0.25) is 0 Å². The number of phenols is 1. The topological polar surface area (TPSA) is 82.7 Å². The van der Waals surface area contributed by atoms with E-state index in [-0.39, 0.29) is 11.3 Å². The molecule has 0 saturated carbocycles. The maximum absolute atomic E-state index is 14.5. The summed E-state index contributed by atoms with van der Waals surface area (Å²) in [5.41, 5.74) is -5.11. The number of aliphatic hydroxyl groups excluding tert-OH is 1. The number of nitrogens with one attached hydrogen (secondary N) is 1. The second-order valence-electron chi connectivity index (χ2n) is 8.33. The number of aliphatic hydroxyl groups is 1. The molecule has 5 nitrogen and oxygen atoms in total. The minimum Gasteiger partial charge on any atom is -0.505 e. The summed E-state index contributed by atoms with van der Waals surface area (Å²) in [5.74, 6) is -3.62. The normalized spacial score (nSPS) is 22.9. The number of amides is 1. The summed E-state index contributed by atoms with van der Waals surface area (Å²) in [7, 11) is 0. The van der Waals surface area contributed by atoms with Crippen molar-refractivity contribution in [2.24, 2.45) is 0 Å². The monoisotopic (exact) mass is 437 g/mol. The minimum absolute atomic E-state index is 0.305. The van der Waals surface area contributed by atoms with Crippen LogP contribution in [0.15, 0.2) is 46.9 Å². The number of hydrogen-bond acceptors (Lipinski definition) is 4. The molecule has 4 rings (SSSR count). The van der Waals surface area contributed by atoms with Crippen LogP contribution < -0.4 is 5.32 Å². The van der Waals surface area contributed by atoms with E-state index in [4.69, 9.17) is 4.42 Å². The molecule has 1 aromatic heterocycles. The number of rotatable bonds is 2. The van der Waals surface area contributed by atoms with Gasteiger partial charge >= 0.3 is 6.18 Å². The maximum atomic E-state index is 14.5. The van der Waals surface area contributed by atoms with Crippen molar-refractivity contribution >= 4 is 16.9 Å². The number of halogens is 4. The fourth-order valence-corrected chi connectivity index (χ4v) is 4.40. The Hall–Kier alpha value is -3.07. The van der Waals surface area contributed by atoms with Crippen molar-refractivity contribution in [2.75, 3.05) is 0 Å². The zero-order chi connectivity index (χ0) is 22.8. The number of furan rings is 1. The van der Waals surface area contributed by atoms with Crippen molar-refractivity contribution in [1.29, 1.82) is 0 Å². The van der Waals surface area contributed by atoms with Gasteiger partial charge in [-0.1, -0.05) is 38.1 Å². The summed E-state index contributed by atoms with van der Waals surface area (Å²) >= 11 is 0. The Bertz CT molecular complexity index is 1150. The summed E-state index contributed by atoms with van der Waals surface area (Å²) in [5, 5.41) is 23.4. The van der Waals surface area contributed by atoms with Crippen molar-refractivity contribution in [3.05, 3.63) is 65.2 Å². The van der Waals surface area contributed by atoms with Crippen LogP contribution in [0.1, 0.15) is 41.9 Å². The average molecular weight is 437 g/mol. The first-order valence-corrected chi connectivity index (χ1v) is 9.47. The number of hydrogen-bond donors (Lipinski definition) is 3. The predicted molar refractivity (Wildman–Crippen MR) is 103 cm³/mol. The molecule has 3 aromatic rings. The maximum Gasteiger partial charge on any atom is 0.418 e. The molecule has 0 aliphatic heterocycles. The average Bonchev–Trinajstić information content (AvgIpc) is 3.10. The van der Waals surface area contributed by atoms with Crippen LogP contribution in [-0.4, -0.2) is 28.4 Å². The number of benzene rings is 2. The van der Waals surface area contributed by atoms with Gasteiger partial charge in [-0.05, 0) is 35.6 Å². The van der Waals surface area contributed by atoms with Crippen molar-refractivity contribution in [3.8, 4) is 5.75 Å². The quantitative estimate of drug-likeness (QED) is 0.516. The third-order valence-corrected chi connectivity index (χ3v) is 5.84. The minimum atomic E-state index is -5.18. The lowest BCUT2D eigenvalue weighted by atomic mass is 9.63. The second-order valence-corrected chi connectivity index (χ2v) is 8.33. The van der Waals surface area contributed by atoms with Crippen LogP contribution in [0.5, 0.6) is 5.75 Å². The molecule has 0 fully saturated rings. The molecule has 1 aliphatic carbocycles. The summed E-state index contributed by atoms with van der Waals surface area (Å²) in [6.45, 7) is 2.96. The van der Waals surface area contributed by atoms with Crippen LogP contribution in [0, 0.1) is 5.82 Å². The molecule has 0 saturated heterocycles. The lowest BCUT2D eigenvalue weighted by Gasteiger charge is -2.49. The van der Waals surface area contributed by atoms with Gasteiger partial charge in [-0.3, -0.25) is 4.79 Å². The highest BCUT2D eigenvalue weighted by Crippen LogP contribution is 2.54. The molecule has 0 bridgehead atoms. The van der Waals surface area contributed by atoms with E-state index in [1.807, 2.05) is 5.32 Å². The third kappa shape index (κ3) is 3.06. The molecule has 0 spiro atoms. The van der Waals surface area contributed by atoms with Crippen LogP contribution in [0.25, 0.3) is 11.0 Å². The number of phenolic OH excluding ortho intramolecular Hbond substituents is 1. The number of para-hydroxylation sites is 1. The van der Waals surface area contributed by atoms with Crippen molar-refractivity contribution in [1.82, 2.24) is 5.32 Å². The zero-order valence-electron chi connectivity index (χ0n) is 16.5. The van der Waals surface area contributed by atoms with Crippen LogP contribution in [0.4, 0.5) is 17.6 Å². The predicted octanol–water partition coefficient (Wildman–Crippen LogP) is 4.51. The van der Waals surface area contributed by atoms with Gasteiger partial charge in [0, 0.05) is 10.9 Å². The summed E-state index contributed by atoms with van der Waals surface area (Å²) in [6, 6.07) is 9.31. The van der Waals surface area contributed by atoms with Gasteiger partial charge in [0.1, 0.15) is 5.58 Å². The van der Waals surface area contributed by atoms with E-state index in [0.717, 1.165) is 6.07 Å². The van der Waals surface area contributed by atoms with Crippen LogP contribution in [0.3, 0.4) is 0 Å². The largest absolute Gasteiger partial charge is 0.505 e. The van der Waals surface area contributed by atoms with E-state index in [2.05, 4.69) is 0 Å². The molecule has 1 aliphatic rings. The molecule has 2 aromatic carbocycles. The van der Waals surface area contributed by atoms with E-state index >= 15 is 0 Å². The fourth-order valence-electron chi connectivity index (χ4n) is 4.40. The SMILES string of the molecule is CC1(C)CC(O)C(NC(=O)c2cc3ccccc3o2)(C(F)(F)F)c2ccc(F)c(O)c21. The number of carbonyl (C=O) groups is 1. The summed E-state index contributed by atoms with van der Waals surface area (Å²) in [6.07, 6.45) is -7.77. The molecule has 2 atom stereocenters. The molecule has 9 heteroatoms. The Morgan fingerprint density at radius 3 is 2.52 bits per heavy atom. The summed E-state index contributed by atoms with van der Waals surface area (Å²) in [4.78, 5) is 12.9. The van der Waals surface area contributed by atoms with E-state index in [1.54, 1.807) is 24.3 Å². The lowest BCUT2D eigenvalue weighted by Crippen LogP contribution is -2.66. The van der Waals surface area contributed by atoms with Gasteiger partial charge in [-0.15, -0.1) is 0 Å². The molecule has 0 radical (unpaired) electrons. The molecule has 31 heavy (non-hydrogen) atoms. The second kappa shape index (κ2) is 6.71. The number of alkyl halides is 3. The molecule has 1 heterocycles. The molecule has 3 N–H and O–H groups in total. The Morgan fingerprint density at radius 1 is 1.19 bits per heavy atom. The van der Waals surface area contributed by atoms with E-state index in [0.29, 0.717) is 17.0 Å². The third-order valence-electron chi connectivity index (χ3n) is 5.84. The Labute approximate surface area is 174 Å². The molecular formula is C22H19F4NO4. The first-order valence-electron chi connectivity index (χ1n) is 9.47. The van der Waals surface area contributed by atoms with Crippen molar-refractivity contribution in [3.63, 3.8) is 0 Å². The standard InChI is InChI=1S/C22H19F4NO4/c1-20(2)10-16(28)21(22(24,25)26,12-7-8-13(23)18(29)17(12)20)27-19(30)15-9-11-5-3-4-6-14(11)31-15/h3-9,16,28-29H,10H2,1-2H3,(H,27,30). The van der Waals surface area contributed by atoms with Gasteiger partial charge in [-0.2, -0.15) is 13.2 Å². The highest BCUT2D eigenvalue weighted by atomic mass is 19.4. The highest BCUT2D eigenvalue weighted by Gasteiger charge is 2.66. The van der Waals surface area contributed by atoms with E-state index < -0.39 is 52.7 Å².